The lowest BCUT2D eigenvalue weighted by Crippen LogP contribution is -1.85. The summed E-state index contributed by atoms with van der Waals surface area (Å²) in [6.07, 6.45) is 0. The summed E-state index contributed by atoms with van der Waals surface area (Å²) in [6.45, 7) is 0. The van der Waals surface area contributed by atoms with E-state index in [1.165, 1.54) is 7.11 Å². The average molecular weight is 290 g/mol. The second-order valence-electron chi connectivity index (χ2n) is 2.00. The Bertz CT molecular complexity index is 314. The van der Waals surface area contributed by atoms with E-state index in [1.54, 1.807) is 6.07 Å². The van der Waals surface area contributed by atoms with Gasteiger partial charge in [-0.15, -0.1) is 0 Å². The SMILES string of the molecule is COc1cc(Cl)c(Cl)c(Br)c1Cl. The molecule has 0 unspecified atom stereocenters. The Balaban J connectivity index is 3.39. The summed E-state index contributed by atoms with van der Waals surface area (Å²) in [7, 11) is 1.51. The standard InChI is InChI=1S/C7H4BrCl3O/c1-12-4-2-3(9)6(10)5(8)7(4)11/h2H,1H3. The normalized spacial score (nSPS) is 10.1. The van der Waals surface area contributed by atoms with Gasteiger partial charge in [0.1, 0.15) is 5.75 Å². The highest BCUT2D eigenvalue weighted by molar-refractivity contribution is 9.10. The van der Waals surface area contributed by atoms with Crippen LogP contribution >= 0.6 is 50.7 Å². The molecule has 1 aromatic rings. The van der Waals surface area contributed by atoms with Crippen LogP contribution in [0.4, 0.5) is 0 Å². The summed E-state index contributed by atoms with van der Waals surface area (Å²) in [5.41, 5.74) is 0. The maximum atomic E-state index is 5.86. The van der Waals surface area contributed by atoms with E-state index in [2.05, 4.69) is 15.9 Å². The van der Waals surface area contributed by atoms with Crippen LogP contribution in [0.5, 0.6) is 5.75 Å². The molecule has 0 aliphatic rings. The lowest BCUT2D eigenvalue weighted by molar-refractivity contribution is 0.415. The van der Waals surface area contributed by atoms with Crippen molar-refractivity contribution in [1.82, 2.24) is 0 Å². The van der Waals surface area contributed by atoms with Crippen molar-refractivity contribution >= 4 is 50.7 Å². The first-order chi connectivity index (χ1) is 5.57. The molecule has 1 rings (SSSR count). The van der Waals surface area contributed by atoms with E-state index in [-0.39, 0.29) is 0 Å². The fraction of sp³-hybridized carbons (Fsp3) is 0.143. The second-order valence-corrected chi connectivity index (χ2v) is 3.96. The third-order valence-corrected chi connectivity index (χ3v) is 3.70. The monoisotopic (exact) mass is 288 g/mol. The molecule has 0 aromatic heterocycles. The van der Waals surface area contributed by atoms with Crippen molar-refractivity contribution in [2.24, 2.45) is 0 Å². The topological polar surface area (TPSA) is 9.23 Å². The second kappa shape index (κ2) is 4.05. The summed E-state index contributed by atoms with van der Waals surface area (Å²) >= 11 is 20.6. The maximum Gasteiger partial charge on any atom is 0.140 e. The Morgan fingerprint density at radius 3 is 2.33 bits per heavy atom. The molecule has 0 amide bonds. The van der Waals surface area contributed by atoms with Gasteiger partial charge in [-0.2, -0.15) is 0 Å². The molecule has 0 spiro atoms. The first-order valence-corrected chi connectivity index (χ1v) is 4.87. The van der Waals surface area contributed by atoms with E-state index in [1.807, 2.05) is 0 Å². The third-order valence-electron chi connectivity index (χ3n) is 1.29. The predicted molar refractivity (Wildman–Crippen MR) is 55.7 cm³/mol. The van der Waals surface area contributed by atoms with Crippen molar-refractivity contribution in [2.75, 3.05) is 7.11 Å². The smallest absolute Gasteiger partial charge is 0.140 e. The van der Waals surface area contributed by atoms with Crippen molar-refractivity contribution in [3.8, 4) is 5.75 Å². The lowest BCUT2D eigenvalue weighted by Gasteiger charge is -2.07. The summed E-state index contributed by atoms with van der Waals surface area (Å²) in [5, 5.41) is 1.22. The minimum absolute atomic E-state index is 0.391. The molecule has 0 heterocycles. The number of halogens is 4. The molecule has 0 atom stereocenters. The molecule has 12 heavy (non-hydrogen) atoms. The van der Waals surface area contributed by atoms with Gasteiger partial charge in [-0.1, -0.05) is 34.8 Å². The van der Waals surface area contributed by atoms with Crippen LogP contribution in [0.2, 0.25) is 15.1 Å². The van der Waals surface area contributed by atoms with E-state index in [0.29, 0.717) is 25.3 Å². The van der Waals surface area contributed by atoms with Crippen LogP contribution in [0.3, 0.4) is 0 Å². The van der Waals surface area contributed by atoms with Crippen LogP contribution in [-0.4, -0.2) is 7.11 Å². The molecular formula is C7H4BrCl3O. The largest absolute Gasteiger partial charge is 0.495 e. The number of benzene rings is 1. The number of hydrogen-bond acceptors (Lipinski definition) is 1. The first kappa shape index (κ1) is 10.5. The Hall–Kier alpha value is 0.370. The van der Waals surface area contributed by atoms with Crippen molar-refractivity contribution in [3.05, 3.63) is 25.6 Å². The van der Waals surface area contributed by atoms with Gasteiger partial charge in [0.15, 0.2) is 0 Å². The maximum absolute atomic E-state index is 5.86. The fourth-order valence-corrected chi connectivity index (χ4v) is 1.84. The van der Waals surface area contributed by atoms with Gasteiger partial charge in [0, 0.05) is 6.07 Å². The van der Waals surface area contributed by atoms with Crippen molar-refractivity contribution in [3.63, 3.8) is 0 Å². The summed E-state index contributed by atoms with van der Waals surface area (Å²) in [6, 6.07) is 1.57. The molecule has 0 saturated carbocycles. The molecule has 1 nitrogen and oxygen atoms in total. The van der Waals surface area contributed by atoms with E-state index < -0.39 is 0 Å². The Morgan fingerprint density at radius 1 is 1.25 bits per heavy atom. The van der Waals surface area contributed by atoms with Crippen LogP contribution in [0, 0.1) is 0 Å². The highest BCUT2D eigenvalue weighted by Gasteiger charge is 2.12. The molecular weight excluding hydrogens is 286 g/mol. The molecule has 0 radical (unpaired) electrons. The van der Waals surface area contributed by atoms with Crippen molar-refractivity contribution < 1.29 is 4.74 Å². The zero-order valence-corrected chi connectivity index (χ0v) is 9.85. The number of methoxy groups -OCH3 is 1. The molecule has 0 N–H and O–H groups in total. The van der Waals surface area contributed by atoms with Gasteiger partial charge < -0.3 is 4.74 Å². The fourth-order valence-electron chi connectivity index (χ4n) is 0.700. The summed E-state index contributed by atoms with van der Waals surface area (Å²) < 4.78 is 5.51. The van der Waals surface area contributed by atoms with Gasteiger partial charge in [-0.25, -0.2) is 0 Å². The molecule has 5 heteroatoms. The van der Waals surface area contributed by atoms with E-state index in [4.69, 9.17) is 39.5 Å². The zero-order valence-electron chi connectivity index (χ0n) is 6.00. The Labute approximate surface area is 93.7 Å². The van der Waals surface area contributed by atoms with Crippen LogP contribution < -0.4 is 4.74 Å². The molecule has 0 fully saturated rings. The molecule has 66 valence electrons. The molecule has 0 bridgehead atoms. The van der Waals surface area contributed by atoms with Crippen LogP contribution in [0.25, 0.3) is 0 Å². The van der Waals surface area contributed by atoms with Crippen LogP contribution in [0.15, 0.2) is 10.5 Å². The Morgan fingerprint density at radius 2 is 1.83 bits per heavy atom. The molecule has 0 aliphatic heterocycles. The van der Waals surface area contributed by atoms with Gasteiger partial charge in [0.05, 0.1) is 26.7 Å². The number of hydrogen-bond donors (Lipinski definition) is 0. The van der Waals surface area contributed by atoms with Gasteiger partial charge in [0.2, 0.25) is 0 Å². The van der Waals surface area contributed by atoms with E-state index in [9.17, 15) is 0 Å². The van der Waals surface area contributed by atoms with E-state index >= 15 is 0 Å². The van der Waals surface area contributed by atoms with Gasteiger partial charge in [-0.05, 0) is 15.9 Å². The van der Waals surface area contributed by atoms with Crippen LogP contribution in [-0.2, 0) is 0 Å². The van der Waals surface area contributed by atoms with Crippen molar-refractivity contribution in [2.45, 2.75) is 0 Å². The molecule has 0 saturated heterocycles. The van der Waals surface area contributed by atoms with Gasteiger partial charge >= 0.3 is 0 Å². The quantitative estimate of drug-likeness (QED) is 0.549. The zero-order chi connectivity index (χ0) is 9.30. The van der Waals surface area contributed by atoms with E-state index in [0.717, 1.165) is 0 Å². The number of rotatable bonds is 1. The third kappa shape index (κ3) is 1.82. The number of ether oxygens (including phenoxy) is 1. The molecule has 0 aliphatic carbocycles. The summed E-state index contributed by atoms with van der Waals surface area (Å²) in [5.74, 6) is 0.498. The molecule has 1 aromatic carbocycles. The van der Waals surface area contributed by atoms with Gasteiger partial charge in [0.25, 0.3) is 0 Å². The minimum atomic E-state index is 0.391. The first-order valence-electron chi connectivity index (χ1n) is 2.95. The minimum Gasteiger partial charge on any atom is -0.495 e. The van der Waals surface area contributed by atoms with Crippen LogP contribution in [0.1, 0.15) is 0 Å². The average Bonchev–Trinajstić information content (AvgIpc) is 2.08. The highest BCUT2D eigenvalue weighted by atomic mass is 79.9. The van der Waals surface area contributed by atoms with Crippen molar-refractivity contribution in [1.29, 1.82) is 0 Å². The Kier molecular flexibility index (Phi) is 3.53. The highest BCUT2D eigenvalue weighted by Crippen LogP contribution is 2.41. The summed E-state index contributed by atoms with van der Waals surface area (Å²) in [4.78, 5) is 0. The lowest BCUT2D eigenvalue weighted by atomic mass is 10.3. The van der Waals surface area contributed by atoms with Gasteiger partial charge in [-0.3, -0.25) is 0 Å². The predicted octanol–water partition coefficient (Wildman–Crippen LogP) is 4.42.